The van der Waals surface area contributed by atoms with Gasteiger partial charge in [-0.2, -0.15) is 0 Å². The molecule has 1 aromatic heterocycles. The van der Waals surface area contributed by atoms with Crippen molar-refractivity contribution in [2.24, 2.45) is 0 Å². The van der Waals surface area contributed by atoms with Gasteiger partial charge in [0.05, 0.1) is 0 Å². The van der Waals surface area contributed by atoms with Crippen molar-refractivity contribution in [2.45, 2.75) is 6.92 Å². The predicted octanol–water partition coefficient (Wildman–Crippen LogP) is 3.65. The van der Waals surface area contributed by atoms with Crippen LogP contribution in [-0.2, 0) is 0 Å². The van der Waals surface area contributed by atoms with E-state index in [2.05, 4.69) is 21.1 Å². The molecule has 3 nitrogen and oxygen atoms in total. The summed E-state index contributed by atoms with van der Waals surface area (Å²) in [7, 11) is 0. The first-order valence-corrected chi connectivity index (χ1v) is 5.44. The lowest BCUT2D eigenvalue weighted by atomic mass is 10.1. The van der Waals surface area contributed by atoms with Crippen molar-refractivity contribution in [2.75, 3.05) is 5.73 Å². The standard InChI is InChI=1S/C10H8BrClN2O/c1-5-9(14-15-10(5)13)7-3-2-6(12)4-8(7)11/h2-4H,13H2,1H3. The summed E-state index contributed by atoms with van der Waals surface area (Å²) in [5.41, 5.74) is 8.07. The number of halogens is 2. The molecule has 0 aliphatic rings. The highest BCUT2D eigenvalue weighted by atomic mass is 79.9. The van der Waals surface area contributed by atoms with Crippen molar-refractivity contribution in [1.29, 1.82) is 0 Å². The number of nitrogens with two attached hydrogens (primary N) is 1. The highest BCUT2D eigenvalue weighted by Gasteiger charge is 2.13. The van der Waals surface area contributed by atoms with E-state index in [0.29, 0.717) is 10.9 Å². The summed E-state index contributed by atoms with van der Waals surface area (Å²) in [6.07, 6.45) is 0. The van der Waals surface area contributed by atoms with E-state index >= 15 is 0 Å². The fourth-order valence-corrected chi connectivity index (χ4v) is 2.15. The quantitative estimate of drug-likeness (QED) is 0.871. The summed E-state index contributed by atoms with van der Waals surface area (Å²) in [6, 6.07) is 5.48. The molecule has 0 aliphatic carbocycles. The number of aromatic nitrogens is 1. The second kappa shape index (κ2) is 3.87. The third-order valence-corrected chi connectivity index (χ3v) is 3.04. The molecular weight excluding hydrogens is 279 g/mol. The molecule has 0 spiro atoms. The molecule has 0 saturated carbocycles. The van der Waals surface area contributed by atoms with Gasteiger partial charge in [-0.1, -0.05) is 38.8 Å². The van der Waals surface area contributed by atoms with Gasteiger partial charge in [-0.25, -0.2) is 0 Å². The van der Waals surface area contributed by atoms with E-state index in [4.69, 9.17) is 21.9 Å². The highest BCUT2D eigenvalue weighted by Crippen LogP contribution is 2.33. The van der Waals surface area contributed by atoms with Gasteiger partial charge in [0.2, 0.25) is 5.88 Å². The maximum absolute atomic E-state index is 5.85. The first-order valence-electron chi connectivity index (χ1n) is 4.26. The molecule has 0 radical (unpaired) electrons. The summed E-state index contributed by atoms with van der Waals surface area (Å²) >= 11 is 9.27. The third-order valence-electron chi connectivity index (χ3n) is 2.15. The highest BCUT2D eigenvalue weighted by molar-refractivity contribution is 9.10. The number of benzene rings is 1. The maximum Gasteiger partial charge on any atom is 0.225 e. The van der Waals surface area contributed by atoms with Crippen LogP contribution in [0.2, 0.25) is 5.02 Å². The number of hydrogen-bond acceptors (Lipinski definition) is 3. The Balaban J connectivity index is 2.59. The normalized spacial score (nSPS) is 10.6. The van der Waals surface area contributed by atoms with E-state index in [-0.39, 0.29) is 0 Å². The molecule has 15 heavy (non-hydrogen) atoms. The Labute approximate surface area is 100 Å². The van der Waals surface area contributed by atoms with Crippen molar-refractivity contribution < 1.29 is 4.52 Å². The van der Waals surface area contributed by atoms with Gasteiger partial charge in [-0.05, 0) is 19.1 Å². The van der Waals surface area contributed by atoms with E-state index in [1.165, 1.54) is 0 Å². The fraction of sp³-hybridized carbons (Fsp3) is 0.100. The molecule has 0 bridgehead atoms. The summed E-state index contributed by atoms with van der Waals surface area (Å²) < 4.78 is 5.78. The van der Waals surface area contributed by atoms with E-state index in [1.54, 1.807) is 12.1 Å². The van der Waals surface area contributed by atoms with Crippen LogP contribution in [0, 0.1) is 6.92 Å². The Kier molecular flexibility index (Phi) is 2.71. The zero-order valence-electron chi connectivity index (χ0n) is 7.92. The molecule has 0 saturated heterocycles. The van der Waals surface area contributed by atoms with Crippen molar-refractivity contribution in [3.05, 3.63) is 33.3 Å². The van der Waals surface area contributed by atoms with Gasteiger partial charge in [0, 0.05) is 20.6 Å². The molecule has 78 valence electrons. The number of nitrogen functional groups attached to an aromatic ring is 1. The van der Waals surface area contributed by atoms with E-state index in [9.17, 15) is 0 Å². The first kappa shape index (κ1) is 10.5. The minimum atomic E-state index is 0.340. The molecule has 0 aliphatic heterocycles. The van der Waals surface area contributed by atoms with E-state index in [1.807, 2.05) is 13.0 Å². The average Bonchev–Trinajstić information content (AvgIpc) is 2.49. The largest absolute Gasteiger partial charge is 0.367 e. The number of nitrogens with zero attached hydrogens (tertiary/aromatic N) is 1. The fourth-order valence-electron chi connectivity index (χ4n) is 1.28. The summed E-state index contributed by atoms with van der Waals surface area (Å²) in [6.45, 7) is 1.86. The Bertz CT molecular complexity index is 510. The number of rotatable bonds is 1. The third kappa shape index (κ3) is 1.87. The van der Waals surface area contributed by atoms with Crippen molar-refractivity contribution in [3.63, 3.8) is 0 Å². The molecule has 0 atom stereocenters. The van der Waals surface area contributed by atoms with Gasteiger partial charge in [-0.3, -0.25) is 0 Å². The molecule has 2 aromatic rings. The molecule has 0 amide bonds. The lowest BCUT2D eigenvalue weighted by Crippen LogP contribution is -1.86. The van der Waals surface area contributed by atoms with Crippen LogP contribution in [0.15, 0.2) is 27.2 Å². The van der Waals surface area contributed by atoms with Crippen LogP contribution in [-0.4, -0.2) is 5.16 Å². The van der Waals surface area contributed by atoms with E-state index < -0.39 is 0 Å². The summed E-state index contributed by atoms with van der Waals surface area (Å²) in [4.78, 5) is 0. The Morgan fingerprint density at radius 3 is 2.73 bits per heavy atom. The van der Waals surface area contributed by atoms with E-state index in [0.717, 1.165) is 21.3 Å². The van der Waals surface area contributed by atoms with Gasteiger partial charge in [-0.15, -0.1) is 0 Å². The zero-order valence-corrected chi connectivity index (χ0v) is 10.3. The Morgan fingerprint density at radius 2 is 2.20 bits per heavy atom. The molecule has 5 heteroatoms. The molecule has 2 N–H and O–H groups in total. The number of anilines is 1. The summed E-state index contributed by atoms with van der Waals surface area (Å²) in [5.74, 6) is 0.340. The summed E-state index contributed by atoms with van der Waals surface area (Å²) in [5, 5.41) is 4.57. The molecular formula is C10H8BrClN2O. The molecule has 0 unspecified atom stereocenters. The molecule has 2 rings (SSSR count). The van der Waals surface area contributed by atoms with Crippen LogP contribution in [0.25, 0.3) is 11.3 Å². The van der Waals surface area contributed by atoms with Gasteiger partial charge in [0.15, 0.2) is 0 Å². The molecule has 1 aromatic carbocycles. The van der Waals surface area contributed by atoms with Crippen molar-refractivity contribution in [3.8, 4) is 11.3 Å². The van der Waals surface area contributed by atoms with Crippen molar-refractivity contribution in [1.82, 2.24) is 5.16 Å². The topological polar surface area (TPSA) is 52.0 Å². The second-order valence-corrected chi connectivity index (χ2v) is 4.44. The van der Waals surface area contributed by atoms with Crippen LogP contribution in [0.4, 0.5) is 5.88 Å². The number of hydrogen-bond donors (Lipinski definition) is 1. The Morgan fingerprint density at radius 1 is 1.47 bits per heavy atom. The minimum absolute atomic E-state index is 0.340. The SMILES string of the molecule is Cc1c(-c2ccc(Cl)cc2Br)noc1N. The van der Waals surface area contributed by atoms with Crippen LogP contribution in [0.3, 0.4) is 0 Å². The van der Waals surface area contributed by atoms with Crippen LogP contribution < -0.4 is 5.73 Å². The van der Waals surface area contributed by atoms with Gasteiger partial charge in [0.25, 0.3) is 0 Å². The van der Waals surface area contributed by atoms with Gasteiger partial charge in [0.1, 0.15) is 5.69 Å². The predicted molar refractivity (Wildman–Crippen MR) is 63.8 cm³/mol. The minimum Gasteiger partial charge on any atom is -0.367 e. The average molecular weight is 288 g/mol. The van der Waals surface area contributed by atoms with Crippen LogP contribution in [0.5, 0.6) is 0 Å². The zero-order chi connectivity index (χ0) is 11.0. The van der Waals surface area contributed by atoms with Crippen LogP contribution in [0.1, 0.15) is 5.56 Å². The van der Waals surface area contributed by atoms with Crippen molar-refractivity contribution >= 4 is 33.4 Å². The lowest BCUT2D eigenvalue weighted by molar-refractivity contribution is 0.439. The molecule has 1 heterocycles. The Hall–Kier alpha value is -1.00. The smallest absolute Gasteiger partial charge is 0.225 e. The van der Waals surface area contributed by atoms with Gasteiger partial charge >= 0.3 is 0 Å². The lowest BCUT2D eigenvalue weighted by Gasteiger charge is -2.01. The van der Waals surface area contributed by atoms with Crippen LogP contribution >= 0.6 is 27.5 Å². The van der Waals surface area contributed by atoms with Gasteiger partial charge < -0.3 is 10.3 Å². The first-order chi connectivity index (χ1) is 7.09. The second-order valence-electron chi connectivity index (χ2n) is 3.14. The maximum atomic E-state index is 5.85. The monoisotopic (exact) mass is 286 g/mol. The molecule has 0 fully saturated rings.